The van der Waals surface area contributed by atoms with Gasteiger partial charge in [-0.05, 0) is 12.2 Å². The van der Waals surface area contributed by atoms with Crippen molar-refractivity contribution in [2.24, 2.45) is 0 Å². The van der Waals surface area contributed by atoms with Crippen molar-refractivity contribution in [3.63, 3.8) is 0 Å². The van der Waals surface area contributed by atoms with E-state index in [1.54, 1.807) is 0 Å². The maximum absolute atomic E-state index is 12.9. The molecule has 0 unspecified atom stereocenters. The monoisotopic (exact) mass is 300 g/mol. The molecule has 0 saturated heterocycles. The molecule has 0 aliphatic rings. The molecule has 0 amide bonds. The van der Waals surface area contributed by atoms with E-state index in [0.29, 0.717) is 0 Å². The molecular formula is C12H7F7O. The highest BCUT2D eigenvalue weighted by Gasteiger charge is 2.71. The normalized spacial score (nSPS) is 13.8. The number of ketones is 1. The minimum Gasteiger partial charge on any atom is -0.289 e. The van der Waals surface area contributed by atoms with Gasteiger partial charge in [0, 0.05) is 5.56 Å². The molecule has 1 aromatic rings. The lowest BCUT2D eigenvalue weighted by atomic mass is 10.1. The lowest BCUT2D eigenvalue weighted by molar-refractivity contribution is -0.341. The van der Waals surface area contributed by atoms with E-state index < -0.39 is 29.9 Å². The highest BCUT2D eigenvalue weighted by Crippen LogP contribution is 2.47. The Kier molecular flexibility index (Phi) is 4.26. The number of hydrogen-bond donors (Lipinski definition) is 0. The van der Waals surface area contributed by atoms with Crippen molar-refractivity contribution in [2.45, 2.75) is 18.0 Å². The quantitative estimate of drug-likeness (QED) is 0.461. The average molecular weight is 300 g/mol. The fraction of sp³-hybridized carbons (Fsp3) is 0.250. The topological polar surface area (TPSA) is 17.1 Å². The fourth-order valence-electron chi connectivity index (χ4n) is 1.17. The van der Waals surface area contributed by atoms with E-state index in [2.05, 4.69) is 0 Å². The first-order valence-electron chi connectivity index (χ1n) is 5.10. The van der Waals surface area contributed by atoms with Gasteiger partial charge in [0.2, 0.25) is 0 Å². The summed E-state index contributed by atoms with van der Waals surface area (Å²) in [6.07, 6.45) is -7.17. The van der Waals surface area contributed by atoms with Crippen LogP contribution in [0.4, 0.5) is 30.7 Å². The molecule has 8 heteroatoms. The van der Waals surface area contributed by atoms with Crippen molar-refractivity contribution in [1.82, 2.24) is 0 Å². The van der Waals surface area contributed by atoms with Crippen LogP contribution in [0, 0.1) is 0 Å². The van der Waals surface area contributed by atoms with Crippen LogP contribution in [-0.2, 0) is 0 Å². The third kappa shape index (κ3) is 3.17. The number of carbonyl (C=O) groups excluding carboxylic acids is 1. The largest absolute Gasteiger partial charge is 0.460 e. The Morgan fingerprint density at radius 3 is 1.85 bits per heavy atom. The zero-order valence-corrected chi connectivity index (χ0v) is 9.60. The second-order valence-corrected chi connectivity index (χ2v) is 3.76. The van der Waals surface area contributed by atoms with Gasteiger partial charge in [-0.3, -0.25) is 4.79 Å². The molecule has 0 aromatic heterocycles. The first-order chi connectivity index (χ1) is 8.99. The Morgan fingerprint density at radius 2 is 1.40 bits per heavy atom. The molecule has 0 atom stereocenters. The van der Waals surface area contributed by atoms with Crippen LogP contribution in [-0.4, -0.2) is 23.8 Å². The van der Waals surface area contributed by atoms with Crippen molar-refractivity contribution >= 4 is 5.78 Å². The highest BCUT2D eigenvalue weighted by molar-refractivity contribution is 6.04. The zero-order chi connectivity index (χ0) is 15.6. The third-order valence-electron chi connectivity index (χ3n) is 2.28. The van der Waals surface area contributed by atoms with Crippen molar-refractivity contribution < 1.29 is 35.5 Å². The maximum atomic E-state index is 12.9. The number of carbonyl (C=O) groups is 1. The van der Waals surface area contributed by atoms with Crippen LogP contribution in [0.1, 0.15) is 10.4 Å². The zero-order valence-electron chi connectivity index (χ0n) is 9.60. The molecule has 0 radical (unpaired) electrons. The summed E-state index contributed by atoms with van der Waals surface area (Å²) in [6, 6.07) is 6.67. The first kappa shape index (κ1) is 16.2. The minimum absolute atomic E-state index is 0.00498. The van der Waals surface area contributed by atoms with Crippen LogP contribution in [0.5, 0.6) is 0 Å². The van der Waals surface area contributed by atoms with E-state index in [4.69, 9.17) is 0 Å². The van der Waals surface area contributed by atoms with Crippen molar-refractivity contribution in [2.75, 3.05) is 0 Å². The SMILES string of the molecule is O=C(C=CC(F)(F)C(F)(F)C(F)(F)F)c1ccccc1. The van der Waals surface area contributed by atoms with Crippen molar-refractivity contribution in [3.05, 3.63) is 48.0 Å². The third-order valence-corrected chi connectivity index (χ3v) is 2.28. The van der Waals surface area contributed by atoms with E-state index in [9.17, 15) is 35.5 Å². The second-order valence-electron chi connectivity index (χ2n) is 3.76. The van der Waals surface area contributed by atoms with E-state index in [1.807, 2.05) is 0 Å². The molecule has 0 N–H and O–H groups in total. The lowest BCUT2D eigenvalue weighted by Crippen LogP contribution is -2.50. The van der Waals surface area contributed by atoms with Gasteiger partial charge in [0.15, 0.2) is 5.78 Å². The molecule has 1 nitrogen and oxygen atoms in total. The Bertz CT molecular complexity index is 502. The van der Waals surface area contributed by atoms with Crippen LogP contribution >= 0.6 is 0 Å². The van der Waals surface area contributed by atoms with E-state index >= 15 is 0 Å². The van der Waals surface area contributed by atoms with E-state index in [1.165, 1.54) is 30.3 Å². The first-order valence-corrected chi connectivity index (χ1v) is 5.10. The maximum Gasteiger partial charge on any atom is 0.460 e. The molecule has 110 valence electrons. The van der Waals surface area contributed by atoms with Gasteiger partial charge in [0.1, 0.15) is 0 Å². The standard InChI is InChI=1S/C12H7F7O/c13-10(14,11(15,16)12(17,18)19)7-6-9(20)8-4-2-1-3-5-8/h1-7H. The highest BCUT2D eigenvalue weighted by atomic mass is 19.4. The number of alkyl halides is 7. The second kappa shape index (κ2) is 5.26. The molecule has 0 spiro atoms. The summed E-state index contributed by atoms with van der Waals surface area (Å²) >= 11 is 0. The van der Waals surface area contributed by atoms with Crippen LogP contribution in [0.15, 0.2) is 42.5 Å². The summed E-state index contributed by atoms with van der Waals surface area (Å²) in [6.45, 7) is 0. The van der Waals surface area contributed by atoms with Gasteiger partial charge in [-0.1, -0.05) is 30.3 Å². The lowest BCUT2D eigenvalue weighted by Gasteiger charge is -2.25. The number of hydrogen-bond acceptors (Lipinski definition) is 1. The van der Waals surface area contributed by atoms with Crippen LogP contribution in [0.2, 0.25) is 0 Å². The molecule has 1 rings (SSSR count). The predicted molar refractivity (Wildman–Crippen MR) is 55.9 cm³/mol. The average Bonchev–Trinajstić information content (AvgIpc) is 2.35. The van der Waals surface area contributed by atoms with Crippen LogP contribution in [0.25, 0.3) is 0 Å². The van der Waals surface area contributed by atoms with Gasteiger partial charge in [-0.25, -0.2) is 0 Å². The van der Waals surface area contributed by atoms with Crippen LogP contribution in [0.3, 0.4) is 0 Å². The van der Waals surface area contributed by atoms with E-state index in [-0.39, 0.29) is 11.6 Å². The number of benzene rings is 1. The van der Waals surface area contributed by atoms with Gasteiger partial charge in [-0.15, -0.1) is 0 Å². The Balaban J connectivity index is 2.97. The van der Waals surface area contributed by atoms with E-state index in [0.717, 1.165) is 0 Å². The summed E-state index contributed by atoms with van der Waals surface area (Å²) in [4.78, 5) is 11.3. The van der Waals surface area contributed by atoms with Gasteiger partial charge in [0.05, 0.1) is 0 Å². The van der Waals surface area contributed by atoms with Gasteiger partial charge in [-0.2, -0.15) is 30.7 Å². The molecule has 1 aromatic carbocycles. The Labute approximate surface area is 108 Å². The molecule has 20 heavy (non-hydrogen) atoms. The van der Waals surface area contributed by atoms with Crippen molar-refractivity contribution in [1.29, 1.82) is 0 Å². The summed E-state index contributed by atoms with van der Waals surface area (Å²) in [5, 5.41) is 0. The summed E-state index contributed by atoms with van der Waals surface area (Å²) in [5.41, 5.74) is -0.116. The summed E-state index contributed by atoms with van der Waals surface area (Å²) < 4.78 is 86.3. The number of halogens is 7. The molecule has 0 saturated carbocycles. The molecule has 0 fully saturated rings. The molecule has 0 bridgehead atoms. The van der Waals surface area contributed by atoms with Gasteiger partial charge in [0.25, 0.3) is 0 Å². The summed E-state index contributed by atoms with van der Waals surface area (Å²) in [5.74, 6) is -12.9. The van der Waals surface area contributed by atoms with Crippen LogP contribution < -0.4 is 0 Å². The van der Waals surface area contributed by atoms with Gasteiger partial charge >= 0.3 is 18.0 Å². The fourth-order valence-corrected chi connectivity index (χ4v) is 1.17. The molecule has 0 aliphatic heterocycles. The smallest absolute Gasteiger partial charge is 0.289 e. The Morgan fingerprint density at radius 1 is 0.900 bits per heavy atom. The Hall–Kier alpha value is -1.86. The van der Waals surface area contributed by atoms with Gasteiger partial charge < -0.3 is 0 Å². The minimum atomic E-state index is -6.42. The number of allylic oxidation sites excluding steroid dienone is 2. The molecule has 0 heterocycles. The summed E-state index contributed by atoms with van der Waals surface area (Å²) in [7, 11) is 0. The predicted octanol–water partition coefficient (Wildman–Crippen LogP) is 4.26. The van der Waals surface area contributed by atoms with Crippen molar-refractivity contribution in [3.8, 4) is 0 Å². The molecule has 0 aliphatic carbocycles. The molecular weight excluding hydrogens is 293 g/mol. The number of rotatable bonds is 4.